The Labute approximate surface area is 112 Å². The molecule has 3 nitrogen and oxygen atoms in total. The lowest BCUT2D eigenvalue weighted by atomic mass is 10.1. The average molecular weight is 316 g/mol. The van der Waals surface area contributed by atoms with Crippen molar-refractivity contribution in [2.24, 2.45) is 0 Å². The quantitative estimate of drug-likeness (QED) is 0.810. The first-order valence-electron chi connectivity index (χ1n) is 5.15. The highest BCUT2D eigenvalue weighted by atomic mass is 32.2. The number of hydrogen-bond acceptors (Lipinski definition) is 3. The van der Waals surface area contributed by atoms with Crippen LogP contribution in [0.2, 0.25) is 0 Å². The van der Waals surface area contributed by atoms with E-state index >= 15 is 0 Å². The summed E-state index contributed by atoms with van der Waals surface area (Å²) in [6, 6.07) is 1.02. The van der Waals surface area contributed by atoms with E-state index < -0.39 is 35.0 Å². The molecule has 2 heterocycles. The molecule has 0 saturated carbocycles. The second kappa shape index (κ2) is 4.83. The summed E-state index contributed by atoms with van der Waals surface area (Å²) >= 11 is 0.919. The van der Waals surface area contributed by atoms with Gasteiger partial charge in [0.25, 0.3) is 0 Å². The maximum atomic E-state index is 12.6. The molecule has 0 aliphatic carbocycles. The van der Waals surface area contributed by atoms with Gasteiger partial charge < -0.3 is 5.32 Å². The minimum atomic E-state index is -5.00. The standard InChI is InChI=1S/C10H6F6N2OS/c11-9(12,13)5-1-4(8-18-7(19)3-20-8)2-6(17-5)10(14,15)16/h1-2,8H,3H2,(H,18,19). The van der Waals surface area contributed by atoms with Crippen molar-refractivity contribution in [2.75, 3.05) is 5.75 Å². The number of amides is 1. The second-order valence-electron chi connectivity index (χ2n) is 3.93. The van der Waals surface area contributed by atoms with Crippen molar-refractivity contribution in [2.45, 2.75) is 17.7 Å². The molecule has 110 valence electrons. The summed E-state index contributed by atoms with van der Waals surface area (Å²) in [5.41, 5.74) is -3.55. The van der Waals surface area contributed by atoms with Crippen LogP contribution in [0.15, 0.2) is 12.1 Å². The number of alkyl halides is 6. The van der Waals surface area contributed by atoms with Crippen LogP contribution < -0.4 is 5.32 Å². The Morgan fingerprint density at radius 3 is 1.95 bits per heavy atom. The Balaban J connectivity index is 2.49. The van der Waals surface area contributed by atoms with Crippen LogP contribution in [0.5, 0.6) is 0 Å². The summed E-state index contributed by atoms with van der Waals surface area (Å²) in [4.78, 5) is 13.6. The Kier molecular flexibility index (Phi) is 3.61. The van der Waals surface area contributed by atoms with Crippen molar-refractivity contribution in [3.8, 4) is 0 Å². The van der Waals surface area contributed by atoms with Crippen LogP contribution in [-0.4, -0.2) is 16.6 Å². The summed E-state index contributed by atoms with van der Waals surface area (Å²) in [6.45, 7) is 0. The van der Waals surface area contributed by atoms with Gasteiger partial charge in [0.05, 0.1) is 5.75 Å². The van der Waals surface area contributed by atoms with E-state index in [4.69, 9.17) is 0 Å². The van der Waals surface area contributed by atoms with Gasteiger partial charge in [0.1, 0.15) is 16.8 Å². The summed E-state index contributed by atoms with van der Waals surface area (Å²) in [5, 5.41) is 1.35. The molecule has 0 radical (unpaired) electrons. The van der Waals surface area contributed by atoms with E-state index in [9.17, 15) is 31.1 Å². The van der Waals surface area contributed by atoms with Gasteiger partial charge in [-0.05, 0) is 17.7 Å². The maximum absolute atomic E-state index is 12.6. The third kappa shape index (κ3) is 3.17. The molecule has 1 aliphatic heterocycles. The number of nitrogens with one attached hydrogen (secondary N) is 1. The van der Waals surface area contributed by atoms with E-state index in [1.165, 1.54) is 0 Å². The Bertz CT molecular complexity index is 509. The molecule has 20 heavy (non-hydrogen) atoms. The zero-order valence-corrected chi connectivity index (χ0v) is 10.3. The fourth-order valence-corrected chi connectivity index (χ4v) is 2.51. The molecule has 1 aromatic rings. The van der Waals surface area contributed by atoms with E-state index in [-0.39, 0.29) is 11.3 Å². The van der Waals surface area contributed by atoms with Crippen LogP contribution in [-0.2, 0) is 17.1 Å². The molecule has 1 amide bonds. The van der Waals surface area contributed by atoms with E-state index in [1.54, 1.807) is 0 Å². The van der Waals surface area contributed by atoms with Gasteiger partial charge >= 0.3 is 12.4 Å². The van der Waals surface area contributed by atoms with E-state index in [1.807, 2.05) is 0 Å². The molecule has 0 bridgehead atoms. The molecular weight excluding hydrogens is 310 g/mol. The lowest BCUT2D eigenvalue weighted by Gasteiger charge is -2.16. The van der Waals surface area contributed by atoms with Crippen LogP contribution in [0.25, 0.3) is 0 Å². The fraction of sp³-hybridized carbons (Fsp3) is 0.400. The van der Waals surface area contributed by atoms with Gasteiger partial charge in [-0.2, -0.15) is 26.3 Å². The van der Waals surface area contributed by atoms with Crippen molar-refractivity contribution in [1.82, 2.24) is 10.3 Å². The minimum absolute atomic E-state index is 0.0182. The number of carbonyl (C=O) groups excluding carboxylic acids is 1. The lowest BCUT2D eigenvalue weighted by molar-refractivity contribution is -0.150. The van der Waals surface area contributed by atoms with Gasteiger partial charge in [0, 0.05) is 0 Å². The molecule has 1 N–H and O–H groups in total. The third-order valence-corrected chi connectivity index (χ3v) is 3.56. The summed E-state index contributed by atoms with van der Waals surface area (Å²) in [6.07, 6.45) is -9.99. The first kappa shape index (κ1) is 14.9. The minimum Gasteiger partial charge on any atom is -0.339 e. The van der Waals surface area contributed by atoms with Crippen LogP contribution in [0.4, 0.5) is 26.3 Å². The molecule has 1 aliphatic rings. The van der Waals surface area contributed by atoms with Crippen molar-refractivity contribution >= 4 is 17.7 Å². The van der Waals surface area contributed by atoms with Crippen molar-refractivity contribution in [1.29, 1.82) is 0 Å². The zero-order chi connectivity index (χ0) is 15.1. The highest BCUT2D eigenvalue weighted by molar-refractivity contribution is 8.00. The molecule has 1 atom stereocenters. The highest BCUT2D eigenvalue weighted by Gasteiger charge is 2.40. The first-order valence-corrected chi connectivity index (χ1v) is 6.19. The Hall–Kier alpha value is -1.45. The van der Waals surface area contributed by atoms with Crippen molar-refractivity contribution in [3.05, 3.63) is 29.1 Å². The van der Waals surface area contributed by atoms with E-state index in [0.717, 1.165) is 11.8 Å². The van der Waals surface area contributed by atoms with Crippen LogP contribution in [0.3, 0.4) is 0 Å². The highest BCUT2D eigenvalue weighted by Crippen LogP contribution is 2.38. The van der Waals surface area contributed by atoms with Crippen LogP contribution >= 0.6 is 11.8 Å². The second-order valence-corrected chi connectivity index (χ2v) is 5.02. The van der Waals surface area contributed by atoms with Gasteiger partial charge in [0.15, 0.2) is 0 Å². The summed E-state index contributed by atoms with van der Waals surface area (Å²) < 4.78 is 75.5. The number of rotatable bonds is 1. The average Bonchev–Trinajstić information content (AvgIpc) is 2.73. The van der Waals surface area contributed by atoms with Gasteiger partial charge in [-0.1, -0.05) is 0 Å². The van der Waals surface area contributed by atoms with Crippen LogP contribution in [0.1, 0.15) is 22.3 Å². The number of hydrogen-bond donors (Lipinski definition) is 1. The number of thioether (sulfide) groups is 1. The Morgan fingerprint density at radius 1 is 1.10 bits per heavy atom. The SMILES string of the molecule is O=C1CSC(c2cc(C(F)(F)F)nc(C(F)(F)F)c2)N1. The maximum Gasteiger partial charge on any atom is 0.433 e. The predicted molar refractivity (Wildman–Crippen MR) is 57.6 cm³/mol. The number of nitrogens with zero attached hydrogens (tertiary/aromatic N) is 1. The summed E-state index contributed by atoms with van der Waals surface area (Å²) in [7, 11) is 0. The zero-order valence-electron chi connectivity index (χ0n) is 9.47. The number of pyridine rings is 1. The molecule has 1 saturated heterocycles. The molecule has 0 spiro atoms. The molecular formula is C10H6F6N2OS. The number of halogens is 6. The smallest absolute Gasteiger partial charge is 0.339 e. The van der Waals surface area contributed by atoms with Crippen molar-refractivity contribution in [3.63, 3.8) is 0 Å². The van der Waals surface area contributed by atoms with Gasteiger partial charge in [-0.15, -0.1) is 11.8 Å². The first-order chi connectivity index (χ1) is 9.07. The van der Waals surface area contributed by atoms with Gasteiger partial charge in [-0.25, -0.2) is 4.98 Å². The monoisotopic (exact) mass is 316 g/mol. The van der Waals surface area contributed by atoms with E-state index in [0.29, 0.717) is 12.1 Å². The van der Waals surface area contributed by atoms with E-state index in [2.05, 4.69) is 10.3 Å². The molecule has 10 heteroatoms. The largest absolute Gasteiger partial charge is 0.433 e. The molecule has 0 aromatic carbocycles. The van der Waals surface area contributed by atoms with Crippen LogP contribution in [0, 0.1) is 0 Å². The topological polar surface area (TPSA) is 42.0 Å². The molecule has 1 fully saturated rings. The predicted octanol–water partition coefficient (Wildman–Crippen LogP) is 2.98. The number of aromatic nitrogens is 1. The van der Waals surface area contributed by atoms with Gasteiger partial charge in [0.2, 0.25) is 5.91 Å². The molecule has 1 unspecified atom stereocenters. The normalized spacial score (nSPS) is 20.1. The third-order valence-electron chi connectivity index (χ3n) is 2.40. The van der Waals surface area contributed by atoms with Gasteiger partial charge in [-0.3, -0.25) is 4.79 Å². The summed E-state index contributed by atoms with van der Waals surface area (Å²) in [5.74, 6) is -0.464. The number of carbonyl (C=O) groups is 1. The fourth-order valence-electron chi connectivity index (χ4n) is 1.56. The molecule has 1 aromatic heterocycles. The molecule has 2 rings (SSSR count). The Morgan fingerprint density at radius 2 is 1.60 bits per heavy atom. The van der Waals surface area contributed by atoms with Crippen molar-refractivity contribution < 1.29 is 31.1 Å². The lowest BCUT2D eigenvalue weighted by Crippen LogP contribution is -2.21.